The first-order valence-electron chi connectivity index (χ1n) is 6.48. The van der Waals surface area contributed by atoms with Gasteiger partial charge in [0.25, 0.3) is 5.91 Å². The lowest BCUT2D eigenvalue weighted by Crippen LogP contribution is -2.52. The van der Waals surface area contributed by atoms with Crippen LogP contribution in [-0.4, -0.2) is 11.8 Å². The lowest BCUT2D eigenvalue weighted by molar-refractivity contribution is -0.123. The molecular formula is C16H14Cl2N2O2. The van der Waals surface area contributed by atoms with Crippen LogP contribution in [0.3, 0.4) is 0 Å². The van der Waals surface area contributed by atoms with E-state index in [1.165, 1.54) is 6.07 Å². The predicted octanol–water partition coefficient (Wildman–Crippen LogP) is 3.12. The lowest BCUT2D eigenvalue weighted by atomic mass is 9.91. The third-order valence-corrected chi connectivity index (χ3v) is 4.22. The molecular weight excluding hydrogens is 323 g/mol. The fraction of sp³-hybridized carbons (Fsp3) is 0.125. The quantitative estimate of drug-likeness (QED) is 0.900. The second kappa shape index (κ2) is 6.38. The van der Waals surface area contributed by atoms with E-state index in [9.17, 15) is 9.59 Å². The number of halogens is 2. The largest absolute Gasteiger partial charge is 0.367 e. The molecule has 0 aromatic heterocycles. The van der Waals surface area contributed by atoms with Crippen LogP contribution in [-0.2, 0) is 10.3 Å². The monoisotopic (exact) mass is 336 g/mol. The molecule has 1 atom stereocenters. The summed E-state index contributed by atoms with van der Waals surface area (Å²) < 4.78 is 0. The van der Waals surface area contributed by atoms with Gasteiger partial charge in [-0.25, -0.2) is 0 Å². The molecule has 3 N–H and O–H groups in total. The predicted molar refractivity (Wildman–Crippen MR) is 86.9 cm³/mol. The summed E-state index contributed by atoms with van der Waals surface area (Å²) in [4.78, 5) is 24.3. The van der Waals surface area contributed by atoms with Gasteiger partial charge in [-0.3, -0.25) is 9.59 Å². The van der Waals surface area contributed by atoms with Crippen molar-refractivity contribution in [2.45, 2.75) is 12.5 Å². The normalized spacial score (nSPS) is 13.2. The van der Waals surface area contributed by atoms with Crippen molar-refractivity contribution in [3.63, 3.8) is 0 Å². The number of benzene rings is 2. The van der Waals surface area contributed by atoms with Crippen LogP contribution in [0.1, 0.15) is 22.8 Å². The van der Waals surface area contributed by atoms with E-state index in [4.69, 9.17) is 28.9 Å². The summed E-state index contributed by atoms with van der Waals surface area (Å²) >= 11 is 11.9. The molecule has 0 aliphatic rings. The Bertz CT molecular complexity index is 719. The van der Waals surface area contributed by atoms with E-state index in [1.807, 2.05) is 0 Å². The molecule has 0 heterocycles. The van der Waals surface area contributed by atoms with Crippen LogP contribution >= 0.6 is 23.2 Å². The Hall–Kier alpha value is -2.04. The Morgan fingerprint density at radius 1 is 1.05 bits per heavy atom. The number of carbonyl (C=O) groups excluding carboxylic acids is 2. The number of hydrogen-bond acceptors (Lipinski definition) is 2. The summed E-state index contributed by atoms with van der Waals surface area (Å²) in [6, 6.07) is 13.5. The summed E-state index contributed by atoms with van der Waals surface area (Å²) in [5.41, 5.74) is 4.88. The maximum atomic E-state index is 12.4. The molecule has 2 aromatic rings. The van der Waals surface area contributed by atoms with Crippen LogP contribution in [0.15, 0.2) is 48.5 Å². The topological polar surface area (TPSA) is 72.2 Å². The van der Waals surface area contributed by atoms with Gasteiger partial charge in [0.15, 0.2) is 0 Å². The number of amides is 2. The molecule has 22 heavy (non-hydrogen) atoms. The molecule has 0 unspecified atom stereocenters. The van der Waals surface area contributed by atoms with Crippen LogP contribution in [0.25, 0.3) is 0 Å². The molecule has 0 fully saturated rings. The fourth-order valence-electron chi connectivity index (χ4n) is 2.02. The molecule has 2 amide bonds. The van der Waals surface area contributed by atoms with Gasteiger partial charge in [-0.2, -0.15) is 0 Å². The van der Waals surface area contributed by atoms with Crippen molar-refractivity contribution in [1.82, 2.24) is 5.32 Å². The van der Waals surface area contributed by atoms with Gasteiger partial charge in [0.2, 0.25) is 5.91 Å². The number of nitrogens with two attached hydrogens (primary N) is 1. The van der Waals surface area contributed by atoms with Gasteiger partial charge in [0.05, 0.1) is 15.6 Å². The first-order chi connectivity index (χ1) is 10.4. The summed E-state index contributed by atoms with van der Waals surface area (Å²) in [6.45, 7) is 1.54. The van der Waals surface area contributed by atoms with Gasteiger partial charge in [-0.1, -0.05) is 59.6 Å². The van der Waals surface area contributed by atoms with Crippen LogP contribution in [0.5, 0.6) is 0 Å². The first-order valence-corrected chi connectivity index (χ1v) is 7.24. The molecule has 114 valence electrons. The van der Waals surface area contributed by atoms with E-state index in [1.54, 1.807) is 49.4 Å². The van der Waals surface area contributed by atoms with Crippen molar-refractivity contribution in [3.8, 4) is 0 Å². The van der Waals surface area contributed by atoms with Crippen molar-refractivity contribution in [2.75, 3.05) is 0 Å². The van der Waals surface area contributed by atoms with Gasteiger partial charge >= 0.3 is 0 Å². The molecule has 0 aliphatic heterocycles. The molecule has 0 saturated carbocycles. The Labute approximate surface area is 138 Å². The van der Waals surface area contributed by atoms with Crippen molar-refractivity contribution in [3.05, 3.63) is 69.7 Å². The number of rotatable bonds is 4. The van der Waals surface area contributed by atoms with Crippen LogP contribution in [0, 0.1) is 0 Å². The van der Waals surface area contributed by atoms with Crippen molar-refractivity contribution in [2.24, 2.45) is 5.73 Å². The smallest absolute Gasteiger partial charge is 0.253 e. The zero-order valence-electron chi connectivity index (χ0n) is 11.8. The minimum absolute atomic E-state index is 0.126. The summed E-state index contributed by atoms with van der Waals surface area (Å²) in [5.74, 6) is -1.21. The molecule has 4 nitrogen and oxygen atoms in total. The van der Waals surface area contributed by atoms with Crippen molar-refractivity contribution < 1.29 is 9.59 Å². The highest BCUT2D eigenvalue weighted by molar-refractivity contribution is 6.43. The Balaban J connectivity index is 2.39. The Morgan fingerprint density at radius 3 is 2.27 bits per heavy atom. The standard InChI is InChI=1S/C16H14Cl2N2O2/c1-16(15(19)22,10-6-3-2-4-7-10)20-14(21)11-8-5-9-12(17)13(11)18/h2-9H,1H3,(H2,19,22)(H,20,21)/t16-/m0/s1. The number of nitrogens with one attached hydrogen (secondary N) is 1. The second-order valence-corrected chi connectivity index (χ2v) is 5.70. The Morgan fingerprint density at radius 2 is 1.68 bits per heavy atom. The SMILES string of the molecule is C[C@@](NC(=O)c1cccc(Cl)c1Cl)(C(N)=O)c1ccccc1. The van der Waals surface area contributed by atoms with Crippen molar-refractivity contribution >= 4 is 35.0 Å². The van der Waals surface area contributed by atoms with Gasteiger partial charge < -0.3 is 11.1 Å². The van der Waals surface area contributed by atoms with E-state index in [0.29, 0.717) is 5.56 Å². The van der Waals surface area contributed by atoms with E-state index in [2.05, 4.69) is 5.32 Å². The summed E-state index contributed by atoms with van der Waals surface area (Å²) in [5, 5.41) is 3.02. The van der Waals surface area contributed by atoms with Gasteiger partial charge in [0, 0.05) is 0 Å². The number of carbonyl (C=O) groups is 2. The van der Waals surface area contributed by atoms with Crippen LogP contribution in [0.4, 0.5) is 0 Å². The van der Waals surface area contributed by atoms with E-state index >= 15 is 0 Å². The van der Waals surface area contributed by atoms with Gasteiger partial charge in [0.1, 0.15) is 5.54 Å². The minimum atomic E-state index is -1.36. The van der Waals surface area contributed by atoms with Crippen molar-refractivity contribution in [1.29, 1.82) is 0 Å². The average Bonchev–Trinajstić information content (AvgIpc) is 2.50. The highest BCUT2D eigenvalue weighted by Gasteiger charge is 2.35. The highest BCUT2D eigenvalue weighted by Crippen LogP contribution is 2.27. The van der Waals surface area contributed by atoms with E-state index in [0.717, 1.165) is 0 Å². The third-order valence-electron chi connectivity index (χ3n) is 3.40. The minimum Gasteiger partial charge on any atom is -0.367 e. The van der Waals surface area contributed by atoms with E-state index in [-0.39, 0.29) is 15.6 Å². The maximum absolute atomic E-state index is 12.4. The second-order valence-electron chi connectivity index (χ2n) is 4.91. The van der Waals surface area contributed by atoms with Gasteiger partial charge in [-0.05, 0) is 24.6 Å². The summed E-state index contributed by atoms with van der Waals surface area (Å²) in [6.07, 6.45) is 0. The third kappa shape index (κ3) is 3.08. The lowest BCUT2D eigenvalue weighted by Gasteiger charge is -2.28. The Kier molecular flexibility index (Phi) is 4.74. The molecule has 0 saturated heterocycles. The van der Waals surface area contributed by atoms with Gasteiger partial charge in [-0.15, -0.1) is 0 Å². The molecule has 0 spiro atoms. The van der Waals surface area contributed by atoms with Crippen LogP contribution in [0.2, 0.25) is 10.0 Å². The molecule has 6 heteroatoms. The first kappa shape index (κ1) is 16.3. The zero-order valence-corrected chi connectivity index (χ0v) is 13.3. The van der Waals surface area contributed by atoms with E-state index < -0.39 is 17.4 Å². The fourth-order valence-corrected chi connectivity index (χ4v) is 2.41. The number of hydrogen-bond donors (Lipinski definition) is 2. The zero-order chi connectivity index (χ0) is 16.3. The molecule has 0 bridgehead atoms. The average molecular weight is 337 g/mol. The molecule has 2 rings (SSSR count). The number of primary amides is 1. The summed E-state index contributed by atoms with van der Waals surface area (Å²) in [7, 11) is 0. The maximum Gasteiger partial charge on any atom is 0.253 e. The molecule has 2 aromatic carbocycles. The molecule has 0 radical (unpaired) electrons. The van der Waals surface area contributed by atoms with Crippen LogP contribution < -0.4 is 11.1 Å². The highest BCUT2D eigenvalue weighted by atomic mass is 35.5. The molecule has 0 aliphatic carbocycles.